The van der Waals surface area contributed by atoms with Crippen molar-refractivity contribution in [1.82, 2.24) is 10.3 Å². The smallest absolute Gasteiger partial charge is 0.281 e. The number of thiazole rings is 1. The number of carbonyl (C=O) groups is 1. The maximum atomic E-state index is 12.3. The molecule has 2 rings (SSSR count). The third-order valence-corrected chi connectivity index (χ3v) is 6.98. The highest BCUT2D eigenvalue weighted by Crippen LogP contribution is 2.29. The topological polar surface area (TPSA) is 76.1 Å². The van der Waals surface area contributed by atoms with Crippen LogP contribution in [0.4, 0.5) is 0 Å². The van der Waals surface area contributed by atoms with Crippen LogP contribution < -0.4 is 5.32 Å². The number of nitrogens with zero attached hydrogens (tertiary/aromatic N) is 1. The zero-order valence-corrected chi connectivity index (χ0v) is 15.5. The lowest BCUT2D eigenvalue weighted by molar-refractivity contribution is 0.0911. The molecule has 8 heteroatoms. The van der Waals surface area contributed by atoms with Crippen molar-refractivity contribution in [2.75, 3.05) is 6.26 Å². The molecule has 0 fully saturated rings. The van der Waals surface area contributed by atoms with Gasteiger partial charge in [-0.1, -0.05) is 41.7 Å². The third-order valence-electron chi connectivity index (χ3n) is 3.01. The number of benzene rings is 1. The molecule has 0 aliphatic carbocycles. The molecule has 0 atom stereocenters. The van der Waals surface area contributed by atoms with Crippen molar-refractivity contribution in [1.29, 1.82) is 0 Å². The van der Waals surface area contributed by atoms with Gasteiger partial charge in [0.15, 0.2) is 19.1 Å². The molecule has 118 valence electrons. The van der Waals surface area contributed by atoms with Crippen molar-refractivity contribution in [3.05, 3.63) is 45.5 Å². The van der Waals surface area contributed by atoms with E-state index in [1.807, 2.05) is 44.2 Å². The monoisotopic (exact) mass is 402 g/mol. The summed E-state index contributed by atoms with van der Waals surface area (Å²) in [6, 6.07) is 9.52. The summed E-state index contributed by atoms with van der Waals surface area (Å²) in [5.74, 6) is -0.408. The van der Waals surface area contributed by atoms with E-state index in [9.17, 15) is 13.2 Å². The average Bonchev–Trinajstić information content (AvgIpc) is 2.81. The van der Waals surface area contributed by atoms with Crippen molar-refractivity contribution in [2.24, 2.45) is 0 Å². The molecule has 0 unspecified atom stereocenters. The van der Waals surface area contributed by atoms with Crippen LogP contribution in [0.15, 0.2) is 39.1 Å². The lowest BCUT2D eigenvalue weighted by Crippen LogP contribution is -2.40. The lowest BCUT2D eigenvalue weighted by Gasteiger charge is -2.26. The second-order valence-corrected chi connectivity index (χ2v) is 9.28. The number of nitrogens with one attached hydrogen (secondary N) is 1. The van der Waals surface area contributed by atoms with E-state index in [-0.39, 0.29) is 13.8 Å². The molecular weight excluding hydrogens is 388 g/mol. The summed E-state index contributed by atoms with van der Waals surface area (Å²) in [6.07, 6.45) is 1.08. The molecule has 0 saturated carbocycles. The minimum absolute atomic E-state index is 0.0511. The lowest BCUT2D eigenvalue weighted by atomic mass is 9.94. The molecule has 1 N–H and O–H groups in total. The highest BCUT2D eigenvalue weighted by Gasteiger charge is 2.27. The molecule has 1 aromatic carbocycles. The van der Waals surface area contributed by atoms with E-state index in [1.54, 1.807) is 0 Å². The van der Waals surface area contributed by atoms with Gasteiger partial charge in [0.2, 0.25) is 0 Å². The molecule has 0 aliphatic rings. The number of hydrogen-bond donors (Lipinski definition) is 1. The van der Waals surface area contributed by atoms with Gasteiger partial charge in [0.05, 0.1) is 5.54 Å². The molecular formula is C14H15BrN2O3S2. The molecule has 0 radical (unpaired) electrons. The van der Waals surface area contributed by atoms with Crippen molar-refractivity contribution in [2.45, 2.75) is 23.6 Å². The van der Waals surface area contributed by atoms with E-state index in [4.69, 9.17) is 0 Å². The minimum Gasteiger partial charge on any atom is -0.341 e. The van der Waals surface area contributed by atoms with Gasteiger partial charge in [0.25, 0.3) is 5.91 Å². The van der Waals surface area contributed by atoms with Crippen LogP contribution in [0.2, 0.25) is 0 Å². The van der Waals surface area contributed by atoms with Crippen LogP contribution in [-0.2, 0) is 15.4 Å². The average molecular weight is 403 g/mol. The fourth-order valence-corrected chi connectivity index (χ4v) is 5.08. The Labute approximate surface area is 141 Å². The van der Waals surface area contributed by atoms with Gasteiger partial charge in [0, 0.05) is 6.26 Å². The summed E-state index contributed by atoms with van der Waals surface area (Å²) in [5.41, 5.74) is 0.351. The first kappa shape index (κ1) is 17.1. The molecule has 5 nitrogen and oxygen atoms in total. The van der Waals surface area contributed by atoms with E-state index in [2.05, 4.69) is 26.2 Å². The number of sulfone groups is 1. The van der Waals surface area contributed by atoms with E-state index in [0.29, 0.717) is 0 Å². The molecule has 0 saturated heterocycles. The van der Waals surface area contributed by atoms with Gasteiger partial charge < -0.3 is 5.32 Å². The second-order valence-electron chi connectivity index (χ2n) is 5.31. The summed E-state index contributed by atoms with van der Waals surface area (Å²) >= 11 is 3.94. The van der Waals surface area contributed by atoms with Gasteiger partial charge in [-0.15, -0.1) is 0 Å². The zero-order valence-electron chi connectivity index (χ0n) is 12.3. The second kappa shape index (κ2) is 6.10. The van der Waals surface area contributed by atoms with Gasteiger partial charge in [0.1, 0.15) is 4.60 Å². The molecule has 1 amide bonds. The summed E-state index contributed by atoms with van der Waals surface area (Å²) < 4.78 is 23.4. The summed E-state index contributed by atoms with van der Waals surface area (Å²) in [7, 11) is -3.41. The number of halogens is 1. The Morgan fingerprint density at radius 3 is 2.36 bits per heavy atom. The fraction of sp³-hybridized carbons (Fsp3) is 0.286. The maximum absolute atomic E-state index is 12.3. The maximum Gasteiger partial charge on any atom is 0.281 e. The Morgan fingerprint density at radius 1 is 1.27 bits per heavy atom. The predicted molar refractivity (Wildman–Crippen MR) is 89.9 cm³/mol. The van der Waals surface area contributed by atoms with Crippen LogP contribution in [0.25, 0.3) is 0 Å². The standard InChI is InChI=1S/C14H15BrN2O3S2/c1-14(2,9-7-5-4-6-8-9)17-11(18)12-16-10(15)13(21-12)22(3,19)20/h4-8H,1-3H3,(H,17,18). The summed E-state index contributed by atoms with van der Waals surface area (Å²) in [6.45, 7) is 3.75. The van der Waals surface area contributed by atoms with Crippen LogP contribution in [0, 0.1) is 0 Å². The molecule has 1 aromatic heterocycles. The van der Waals surface area contributed by atoms with E-state index >= 15 is 0 Å². The van der Waals surface area contributed by atoms with E-state index < -0.39 is 21.3 Å². The van der Waals surface area contributed by atoms with Crippen molar-refractivity contribution < 1.29 is 13.2 Å². The Morgan fingerprint density at radius 2 is 1.86 bits per heavy atom. The summed E-state index contributed by atoms with van der Waals surface area (Å²) in [5, 5.41) is 2.98. The van der Waals surface area contributed by atoms with Gasteiger partial charge >= 0.3 is 0 Å². The SMILES string of the molecule is CC(C)(NC(=O)c1nc(Br)c(S(C)(=O)=O)s1)c1ccccc1. The van der Waals surface area contributed by atoms with Crippen LogP contribution in [0.1, 0.15) is 29.2 Å². The highest BCUT2D eigenvalue weighted by molar-refractivity contribution is 9.10. The predicted octanol–water partition coefficient (Wildman–Crippen LogP) is 2.97. The van der Waals surface area contributed by atoms with Crippen LogP contribution in [0.3, 0.4) is 0 Å². The first-order valence-electron chi connectivity index (χ1n) is 6.35. The summed E-state index contributed by atoms with van der Waals surface area (Å²) in [4.78, 5) is 16.3. The van der Waals surface area contributed by atoms with Gasteiger partial charge in [-0.2, -0.15) is 0 Å². The Hall–Kier alpha value is -1.25. The minimum atomic E-state index is -3.41. The van der Waals surface area contributed by atoms with Crippen LogP contribution in [0.5, 0.6) is 0 Å². The van der Waals surface area contributed by atoms with Crippen LogP contribution in [-0.4, -0.2) is 25.6 Å². The molecule has 22 heavy (non-hydrogen) atoms. The van der Waals surface area contributed by atoms with Gasteiger partial charge in [-0.05, 0) is 35.3 Å². The number of aromatic nitrogens is 1. The first-order chi connectivity index (χ1) is 10.1. The Bertz CT molecular complexity index is 799. The number of amides is 1. The van der Waals surface area contributed by atoms with Crippen molar-refractivity contribution in [3.8, 4) is 0 Å². The van der Waals surface area contributed by atoms with Crippen molar-refractivity contribution >= 4 is 43.0 Å². The van der Waals surface area contributed by atoms with E-state index in [0.717, 1.165) is 23.2 Å². The molecule has 0 bridgehead atoms. The number of hydrogen-bond acceptors (Lipinski definition) is 5. The zero-order chi connectivity index (χ0) is 16.5. The fourth-order valence-electron chi connectivity index (χ4n) is 1.88. The molecule has 1 heterocycles. The molecule has 0 spiro atoms. The first-order valence-corrected chi connectivity index (χ1v) is 9.86. The largest absolute Gasteiger partial charge is 0.341 e. The van der Waals surface area contributed by atoms with Crippen LogP contribution >= 0.6 is 27.3 Å². The highest BCUT2D eigenvalue weighted by atomic mass is 79.9. The normalized spacial score (nSPS) is 12.2. The van der Waals surface area contributed by atoms with Crippen molar-refractivity contribution in [3.63, 3.8) is 0 Å². The number of carbonyl (C=O) groups excluding carboxylic acids is 1. The number of rotatable bonds is 4. The van der Waals surface area contributed by atoms with Gasteiger partial charge in [-0.25, -0.2) is 13.4 Å². The van der Waals surface area contributed by atoms with Gasteiger partial charge in [-0.3, -0.25) is 4.79 Å². The Kier molecular flexibility index (Phi) is 4.74. The Balaban J connectivity index is 2.27. The quantitative estimate of drug-likeness (QED) is 0.852. The molecule has 2 aromatic rings. The van der Waals surface area contributed by atoms with E-state index in [1.165, 1.54) is 0 Å². The molecule has 0 aliphatic heterocycles. The third kappa shape index (κ3) is 3.74.